The van der Waals surface area contributed by atoms with Crippen molar-refractivity contribution in [2.75, 3.05) is 45.5 Å². The van der Waals surface area contributed by atoms with Crippen LogP contribution in [0, 0.1) is 5.92 Å². The van der Waals surface area contributed by atoms with Crippen molar-refractivity contribution in [1.82, 2.24) is 19.4 Å². The summed E-state index contributed by atoms with van der Waals surface area (Å²) in [6.07, 6.45) is 4.08. The first-order chi connectivity index (χ1) is 12.3. The molecule has 3 amide bonds. The predicted octanol–water partition coefficient (Wildman–Crippen LogP) is 0.700. The Labute approximate surface area is 156 Å². The Hall–Kier alpha value is -1.35. The lowest BCUT2D eigenvalue weighted by molar-refractivity contribution is -0.127. The molecule has 2 fully saturated rings. The van der Waals surface area contributed by atoms with Crippen molar-refractivity contribution in [3.05, 3.63) is 0 Å². The quantitative estimate of drug-likeness (QED) is 0.751. The highest BCUT2D eigenvalue weighted by Gasteiger charge is 2.32. The first-order valence-electron chi connectivity index (χ1n) is 9.55. The number of hydrogen-bond donors (Lipinski definition) is 1. The van der Waals surface area contributed by atoms with E-state index < -0.39 is 10.0 Å². The van der Waals surface area contributed by atoms with E-state index in [0.29, 0.717) is 52.1 Å². The van der Waals surface area contributed by atoms with Gasteiger partial charge in [0.15, 0.2) is 0 Å². The first-order valence-corrected chi connectivity index (χ1v) is 11.4. The second-order valence-electron chi connectivity index (χ2n) is 7.18. The molecular weight excluding hydrogens is 356 g/mol. The molecule has 150 valence electrons. The number of sulfonamides is 1. The lowest BCUT2D eigenvalue weighted by Crippen LogP contribution is -2.52. The highest BCUT2D eigenvalue weighted by Crippen LogP contribution is 2.20. The third kappa shape index (κ3) is 5.33. The van der Waals surface area contributed by atoms with E-state index in [1.165, 1.54) is 10.6 Å². The fourth-order valence-corrected chi connectivity index (χ4v) is 4.62. The summed E-state index contributed by atoms with van der Waals surface area (Å²) in [6, 6.07) is -0.0776. The minimum atomic E-state index is -3.22. The summed E-state index contributed by atoms with van der Waals surface area (Å²) in [5, 5.41) is 3.02. The molecule has 0 spiro atoms. The lowest BCUT2D eigenvalue weighted by Gasteiger charge is -2.36. The van der Waals surface area contributed by atoms with E-state index in [9.17, 15) is 18.0 Å². The summed E-state index contributed by atoms with van der Waals surface area (Å²) in [7, 11) is -3.22. The first kappa shape index (κ1) is 21.0. The Morgan fingerprint density at radius 1 is 1.08 bits per heavy atom. The normalized spacial score (nSPS) is 22.9. The van der Waals surface area contributed by atoms with Crippen LogP contribution in [0.25, 0.3) is 0 Å². The summed E-state index contributed by atoms with van der Waals surface area (Å²) in [6.45, 7) is 7.36. The van der Waals surface area contributed by atoms with E-state index in [0.717, 1.165) is 12.8 Å². The van der Waals surface area contributed by atoms with Crippen LogP contribution in [-0.2, 0) is 14.8 Å². The Morgan fingerprint density at radius 2 is 1.69 bits per heavy atom. The Morgan fingerprint density at radius 3 is 2.23 bits per heavy atom. The van der Waals surface area contributed by atoms with Gasteiger partial charge in [0.25, 0.3) is 0 Å². The van der Waals surface area contributed by atoms with Crippen molar-refractivity contribution < 1.29 is 18.0 Å². The van der Waals surface area contributed by atoms with Gasteiger partial charge >= 0.3 is 6.03 Å². The highest BCUT2D eigenvalue weighted by atomic mass is 32.2. The van der Waals surface area contributed by atoms with E-state index in [1.807, 2.05) is 18.7 Å². The number of nitrogens with zero attached hydrogens (tertiary/aromatic N) is 3. The van der Waals surface area contributed by atoms with Crippen LogP contribution < -0.4 is 5.32 Å². The maximum absolute atomic E-state index is 12.6. The number of piperidine rings is 2. The van der Waals surface area contributed by atoms with Crippen molar-refractivity contribution in [3.8, 4) is 0 Å². The van der Waals surface area contributed by atoms with Crippen LogP contribution in [0.5, 0.6) is 0 Å². The van der Waals surface area contributed by atoms with Crippen LogP contribution >= 0.6 is 0 Å². The van der Waals surface area contributed by atoms with Gasteiger partial charge in [0.2, 0.25) is 15.9 Å². The molecule has 1 atom stereocenters. The second kappa shape index (κ2) is 9.03. The zero-order valence-electron chi connectivity index (χ0n) is 16.1. The van der Waals surface area contributed by atoms with Crippen molar-refractivity contribution in [3.63, 3.8) is 0 Å². The van der Waals surface area contributed by atoms with Crippen LogP contribution in [0.4, 0.5) is 4.79 Å². The topological polar surface area (TPSA) is 90.0 Å². The van der Waals surface area contributed by atoms with Gasteiger partial charge in [-0.15, -0.1) is 0 Å². The van der Waals surface area contributed by atoms with E-state index in [-0.39, 0.29) is 23.9 Å². The maximum atomic E-state index is 12.6. The molecule has 2 aliphatic rings. The minimum absolute atomic E-state index is 0.0136. The number of hydrogen-bond acceptors (Lipinski definition) is 4. The summed E-state index contributed by atoms with van der Waals surface area (Å²) in [4.78, 5) is 28.5. The summed E-state index contributed by atoms with van der Waals surface area (Å²) < 4.78 is 24.8. The van der Waals surface area contributed by atoms with Gasteiger partial charge < -0.3 is 15.1 Å². The molecule has 2 rings (SSSR count). The van der Waals surface area contributed by atoms with Crippen molar-refractivity contribution in [2.24, 2.45) is 5.92 Å². The van der Waals surface area contributed by atoms with Crippen molar-refractivity contribution in [2.45, 2.75) is 45.6 Å². The van der Waals surface area contributed by atoms with Gasteiger partial charge in [-0.1, -0.05) is 0 Å². The highest BCUT2D eigenvalue weighted by molar-refractivity contribution is 7.88. The summed E-state index contributed by atoms with van der Waals surface area (Å²) >= 11 is 0. The molecular formula is C17H32N4O4S. The van der Waals surface area contributed by atoms with Crippen LogP contribution in [-0.4, -0.2) is 86.0 Å². The van der Waals surface area contributed by atoms with Gasteiger partial charge in [-0.25, -0.2) is 17.5 Å². The van der Waals surface area contributed by atoms with Crippen molar-refractivity contribution in [1.29, 1.82) is 0 Å². The number of nitrogens with one attached hydrogen (secondary N) is 1. The number of amides is 3. The number of likely N-dealkylation sites (tertiary alicyclic amines) is 1. The molecule has 0 aromatic carbocycles. The van der Waals surface area contributed by atoms with E-state index in [4.69, 9.17) is 0 Å². The molecule has 0 radical (unpaired) electrons. The Kier molecular flexibility index (Phi) is 7.28. The monoisotopic (exact) mass is 388 g/mol. The number of urea groups is 1. The Balaban J connectivity index is 1.82. The average Bonchev–Trinajstić information content (AvgIpc) is 2.62. The van der Waals surface area contributed by atoms with Crippen LogP contribution in [0.3, 0.4) is 0 Å². The summed E-state index contributed by atoms with van der Waals surface area (Å²) in [5.74, 6) is -0.121. The number of carbonyl (C=O) groups excluding carboxylic acids is 2. The average molecular weight is 389 g/mol. The lowest BCUT2D eigenvalue weighted by atomic mass is 9.95. The molecule has 8 nitrogen and oxygen atoms in total. The van der Waals surface area contributed by atoms with Gasteiger partial charge in [0, 0.05) is 51.2 Å². The summed E-state index contributed by atoms with van der Waals surface area (Å²) in [5.41, 5.74) is 0. The van der Waals surface area contributed by atoms with Crippen LogP contribution in [0.2, 0.25) is 0 Å². The zero-order chi connectivity index (χ0) is 19.3. The van der Waals surface area contributed by atoms with Crippen LogP contribution in [0.1, 0.15) is 39.5 Å². The molecule has 0 bridgehead atoms. The van der Waals surface area contributed by atoms with Gasteiger partial charge in [-0.2, -0.15) is 0 Å². The molecule has 0 aromatic rings. The molecule has 0 aromatic heterocycles. The SMILES string of the molecule is CCN(CC)C(=O)N1CCC(C(=O)NC2CCCN(S(C)(=O)=O)C2)CC1. The predicted molar refractivity (Wildman–Crippen MR) is 100 cm³/mol. The molecule has 26 heavy (non-hydrogen) atoms. The third-order valence-electron chi connectivity index (χ3n) is 5.37. The van der Waals surface area contributed by atoms with Crippen molar-refractivity contribution >= 4 is 22.0 Å². The molecule has 1 unspecified atom stereocenters. The molecule has 2 heterocycles. The minimum Gasteiger partial charge on any atom is -0.352 e. The van der Waals surface area contributed by atoms with Gasteiger partial charge in [0.1, 0.15) is 0 Å². The van der Waals surface area contributed by atoms with Gasteiger partial charge in [-0.3, -0.25) is 4.79 Å². The molecule has 0 saturated carbocycles. The number of rotatable bonds is 5. The molecule has 1 N–H and O–H groups in total. The van der Waals surface area contributed by atoms with Crippen LogP contribution in [0.15, 0.2) is 0 Å². The zero-order valence-corrected chi connectivity index (χ0v) is 16.9. The fourth-order valence-electron chi connectivity index (χ4n) is 3.71. The standard InChI is InChI=1S/C17H32N4O4S/c1-4-19(5-2)17(23)20-11-8-14(9-12-20)16(22)18-15-7-6-10-21(13-15)26(3,24)25/h14-15H,4-13H2,1-3H3,(H,18,22). The molecule has 2 aliphatic heterocycles. The number of carbonyl (C=O) groups is 2. The van der Waals surface area contributed by atoms with Gasteiger partial charge in [0.05, 0.1) is 6.26 Å². The molecule has 2 saturated heterocycles. The largest absolute Gasteiger partial charge is 0.352 e. The Bertz CT molecular complexity index is 598. The fraction of sp³-hybridized carbons (Fsp3) is 0.882. The molecule has 0 aliphatic carbocycles. The van der Waals surface area contributed by atoms with E-state index in [2.05, 4.69) is 5.32 Å². The van der Waals surface area contributed by atoms with Gasteiger partial charge in [-0.05, 0) is 39.5 Å². The maximum Gasteiger partial charge on any atom is 0.319 e. The third-order valence-corrected chi connectivity index (χ3v) is 6.64. The smallest absolute Gasteiger partial charge is 0.319 e. The van der Waals surface area contributed by atoms with E-state index >= 15 is 0 Å². The second-order valence-corrected chi connectivity index (χ2v) is 9.17. The molecule has 9 heteroatoms. The van der Waals surface area contributed by atoms with E-state index in [1.54, 1.807) is 4.90 Å².